The molecule has 19 heavy (non-hydrogen) atoms. The van der Waals surface area contributed by atoms with Gasteiger partial charge in [0, 0.05) is 11.3 Å². The van der Waals surface area contributed by atoms with Gasteiger partial charge in [0.1, 0.15) is 0 Å². The van der Waals surface area contributed by atoms with Gasteiger partial charge >= 0.3 is 6.03 Å². The summed E-state index contributed by atoms with van der Waals surface area (Å²) in [4.78, 5) is 20.7. The molecule has 0 heterocycles. The van der Waals surface area contributed by atoms with Gasteiger partial charge in [-0.25, -0.2) is 4.79 Å². The molecule has 5 heteroatoms. The fourth-order valence-corrected chi connectivity index (χ4v) is 1.27. The third-order valence-electron chi connectivity index (χ3n) is 2.10. The highest BCUT2D eigenvalue weighted by Gasteiger charge is 1.93. The minimum absolute atomic E-state index is 0.379. The first-order chi connectivity index (χ1) is 9.09. The van der Waals surface area contributed by atoms with Gasteiger partial charge in [0.05, 0.1) is 0 Å². The van der Waals surface area contributed by atoms with Gasteiger partial charge in [-0.15, -0.1) is 0 Å². The van der Waals surface area contributed by atoms with E-state index in [9.17, 15) is 9.59 Å². The maximum Gasteiger partial charge on any atom is 0.316 e. The number of benzene rings is 2. The monoisotopic (exact) mass is 257 g/mol. The van der Waals surface area contributed by atoms with Gasteiger partial charge < -0.3 is 16.8 Å². The van der Waals surface area contributed by atoms with E-state index in [1.807, 2.05) is 24.3 Å². The molecule has 0 radical (unpaired) electrons. The number of anilines is 1. The Morgan fingerprint density at radius 2 is 1.26 bits per heavy atom. The molecule has 0 fully saturated rings. The molecule has 98 valence electrons. The minimum atomic E-state index is -0.536. The lowest BCUT2D eigenvalue weighted by Gasteiger charge is -1.97. The number of hydrogen-bond donors (Lipinski definition) is 3. The number of carbonyl (C=O) groups excluding carboxylic acids is 2. The van der Waals surface area contributed by atoms with E-state index in [4.69, 9.17) is 11.5 Å². The van der Waals surface area contributed by atoms with E-state index in [0.717, 1.165) is 5.69 Å². The molecule has 0 bridgehead atoms. The standard InChI is InChI=1S/C7H8N2O.C7H7NO/c8-7(10)9-6-4-2-1-3-5-6;8-7(9)6-4-2-1-3-5-6/h1-5H,(H3,8,9,10);1-5H,(H2,8,9). The molecule has 0 atom stereocenters. The van der Waals surface area contributed by atoms with Crippen molar-refractivity contribution in [1.82, 2.24) is 0 Å². The number of nitrogens with two attached hydrogens (primary N) is 2. The molecule has 2 aromatic carbocycles. The minimum Gasteiger partial charge on any atom is -0.366 e. The van der Waals surface area contributed by atoms with Crippen molar-refractivity contribution in [3.8, 4) is 0 Å². The predicted molar refractivity (Wildman–Crippen MR) is 74.6 cm³/mol. The summed E-state index contributed by atoms with van der Waals surface area (Å²) in [5, 5.41) is 2.44. The van der Waals surface area contributed by atoms with Crippen LogP contribution in [0.15, 0.2) is 60.7 Å². The highest BCUT2D eigenvalue weighted by atomic mass is 16.2. The van der Waals surface area contributed by atoms with E-state index in [0.29, 0.717) is 5.56 Å². The molecule has 0 aliphatic carbocycles. The topological polar surface area (TPSA) is 98.2 Å². The number of para-hydroxylation sites is 1. The van der Waals surface area contributed by atoms with Crippen molar-refractivity contribution in [1.29, 1.82) is 0 Å². The third kappa shape index (κ3) is 5.88. The highest BCUT2D eigenvalue weighted by Crippen LogP contribution is 2.03. The van der Waals surface area contributed by atoms with E-state index >= 15 is 0 Å². The lowest BCUT2D eigenvalue weighted by atomic mass is 10.2. The van der Waals surface area contributed by atoms with Crippen LogP contribution in [-0.4, -0.2) is 11.9 Å². The zero-order chi connectivity index (χ0) is 14.1. The summed E-state index contributed by atoms with van der Waals surface area (Å²) < 4.78 is 0. The normalized spacial score (nSPS) is 8.84. The Morgan fingerprint density at radius 1 is 0.789 bits per heavy atom. The van der Waals surface area contributed by atoms with Crippen LogP contribution in [0.25, 0.3) is 0 Å². The van der Waals surface area contributed by atoms with Crippen LogP contribution in [0.5, 0.6) is 0 Å². The van der Waals surface area contributed by atoms with Crippen molar-refractivity contribution >= 4 is 17.6 Å². The largest absolute Gasteiger partial charge is 0.366 e. The number of amides is 3. The average Bonchev–Trinajstić information content (AvgIpc) is 2.41. The summed E-state index contributed by atoms with van der Waals surface area (Å²) in [5.41, 5.74) is 11.1. The van der Waals surface area contributed by atoms with Gasteiger partial charge in [0.2, 0.25) is 5.91 Å². The first kappa shape index (κ1) is 14.2. The number of rotatable bonds is 2. The van der Waals surface area contributed by atoms with Gasteiger partial charge in [0.25, 0.3) is 0 Å². The van der Waals surface area contributed by atoms with Crippen LogP contribution < -0.4 is 16.8 Å². The molecule has 0 unspecified atom stereocenters. The first-order valence-corrected chi connectivity index (χ1v) is 5.56. The van der Waals surface area contributed by atoms with Crippen LogP contribution in [-0.2, 0) is 0 Å². The number of hydrogen-bond acceptors (Lipinski definition) is 2. The van der Waals surface area contributed by atoms with Crippen LogP contribution >= 0.6 is 0 Å². The quantitative estimate of drug-likeness (QED) is 0.766. The molecule has 0 aliphatic rings. The summed E-state index contributed by atoms with van der Waals surface area (Å²) >= 11 is 0. The average molecular weight is 257 g/mol. The summed E-state index contributed by atoms with van der Waals surface area (Å²) in [6.07, 6.45) is 0. The van der Waals surface area contributed by atoms with Crippen LogP contribution in [0.3, 0.4) is 0 Å². The number of carbonyl (C=O) groups is 2. The van der Waals surface area contributed by atoms with Gasteiger partial charge in [-0.2, -0.15) is 0 Å². The molecule has 3 amide bonds. The predicted octanol–water partition coefficient (Wildman–Crippen LogP) is 1.96. The van der Waals surface area contributed by atoms with Gasteiger partial charge in [-0.1, -0.05) is 36.4 Å². The second-order valence-corrected chi connectivity index (χ2v) is 3.59. The Hall–Kier alpha value is -2.82. The van der Waals surface area contributed by atoms with Gasteiger partial charge in [-0.05, 0) is 24.3 Å². The summed E-state index contributed by atoms with van der Waals surface area (Å²) in [6.45, 7) is 0. The SMILES string of the molecule is NC(=O)Nc1ccccc1.NC(=O)c1ccccc1. The summed E-state index contributed by atoms with van der Waals surface area (Å²) in [7, 11) is 0. The van der Waals surface area contributed by atoms with E-state index in [-0.39, 0.29) is 5.91 Å². The van der Waals surface area contributed by atoms with Crippen molar-refractivity contribution in [3.63, 3.8) is 0 Å². The lowest BCUT2D eigenvalue weighted by Crippen LogP contribution is -2.18. The summed E-state index contributed by atoms with van der Waals surface area (Å²) in [5.74, 6) is -0.379. The van der Waals surface area contributed by atoms with Crippen molar-refractivity contribution in [2.45, 2.75) is 0 Å². The molecule has 2 rings (SSSR count). The van der Waals surface area contributed by atoms with Crippen LogP contribution in [0, 0.1) is 0 Å². The third-order valence-corrected chi connectivity index (χ3v) is 2.10. The Kier molecular flexibility index (Phi) is 5.62. The van der Waals surface area contributed by atoms with Gasteiger partial charge in [-0.3, -0.25) is 4.79 Å². The van der Waals surface area contributed by atoms with Crippen molar-refractivity contribution < 1.29 is 9.59 Å². The summed E-state index contributed by atoms with van der Waals surface area (Å²) in [6, 6.07) is 17.3. The van der Waals surface area contributed by atoms with Crippen molar-refractivity contribution in [2.75, 3.05) is 5.32 Å². The van der Waals surface area contributed by atoms with E-state index < -0.39 is 6.03 Å². The molecule has 5 nitrogen and oxygen atoms in total. The van der Waals surface area contributed by atoms with Crippen LogP contribution in [0.2, 0.25) is 0 Å². The number of nitrogens with one attached hydrogen (secondary N) is 1. The Balaban J connectivity index is 0.000000191. The molecule has 0 aromatic heterocycles. The lowest BCUT2D eigenvalue weighted by molar-refractivity contribution is 0.100. The molecule has 0 saturated carbocycles. The number of urea groups is 1. The maximum absolute atomic E-state index is 10.4. The second-order valence-electron chi connectivity index (χ2n) is 3.59. The molecular weight excluding hydrogens is 242 g/mol. The highest BCUT2D eigenvalue weighted by molar-refractivity contribution is 5.92. The second kappa shape index (κ2) is 7.50. The molecule has 2 aromatic rings. The zero-order valence-electron chi connectivity index (χ0n) is 10.2. The fourth-order valence-electron chi connectivity index (χ4n) is 1.27. The first-order valence-electron chi connectivity index (χ1n) is 5.56. The van der Waals surface area contributed by atoms with Crippen molar-refractivity contribution in [2.24, 2.45) is 11.5 Å². The van der Waals surface area contributed by atoms with Gasteiger partial charge in [0.15, 0.2) is 0 Å². The zero-order valence-corrected chi connectivity index (χ0v) is 10.2. The van der Waals surface area contributed by atoms with Crippen LogP contribution in [0.1, 0.15) is 10.4 Å². The smallest absolute Gasteiger partial charge is 0.316 e. The van der Waals surface area contributed by atoms with E-state index in [1.165, 1.54) is 0 Å². The Bertz CT molecular complexity index is 527. The Labute approximate surface area is 111 Å². The molecular formula is C14H15N3O2. The number of primary amides is 2. The van der Waals surface area contributed by atoms with E-state index in [2.05, 4.69) is 5.32 Å². The molecule has 5 N–H and O–H groups in total. The maximum atomic E-state index is 10.4. The van der Waals surface area contributed by atoms with E-state index in [1.54, 1.807) is 36.4 Å². The fraction of sp³-hybridized carbons (Fsp3) is 0. The Morgan fingerprint density at radius 3 is 1.63 bits per heavy atom. The molecule has 0 saturated heterocycles. The van der Waals surface area contributed by atoms with Crippen molar-refractivity contribution in [3.05, 3.63) is 66.2 Å². The van der Waals surface area contributed by atoms with Crippen LogP contribution in [0.4, 0.5) is 10.5 Å². The molecule has 0 spiro atoms. The molecule has 0 aliphatic heterocycles.